The predicted octanol–water partition coefficient (Wildman–Crippen LogP) is 4.96. The van der Waals surface area contributed by atoms with Crippen LogP contribution in [0, 0.1) is 11.8 Å². The van der Waals surface area contributed by atoms with Gasteiger partial charge in [-0.1, -0.05) is 103 Å². The molecule has 0 radical (unpaired) electrons. The van der Waals surface area contributed by atoms with Gasteiger partial charge in [0, 0.05) is 6.54 Å². The Balaban J connectivity index is 1.69. The summed E-state index contributed by atoms with van der Waals surface area (Å²) in [7, 11) is 0. The predicted molar refractivity (Wildman–Crippen MR) is 126 cm³/mol. The van der Waals surface area contributed by atoms with Crippen LogP contribution in [0.15, 0.2) is 103 Å². The Hall–Kier alpha value is -3.17. The van der Waals surface area contributed by atoms with Crippen molar-refractivity contribution in [1.82, 2.24) is 5.32 Å². The van der Waals surface area contributed by atoms with Gasteiger partial charge in [0.25, 0.3) is 0 Å². The number of carbonyl (C=O) groups excluding carboxylic acids is 1. The number of amides is 1. The summed E-state index contributed by atoms with van der Waals surface area (Å²) in [6.07, 6.45) is 2.58. The van der Waals surface area contributed by atoms with Gasteiger partial charge in [-0.3, -0.25) is 4.79 Å². The molecular weight excluding hydrogens is 382 g/mol. The van der Waals surface area contributed by atoms with Gasteiger partial charge in [-0.05, 0) is 41.9 Å². The molecule has 0 aliphatic heterocycles. The van der Waals surface area contributed by atoms with Gasteiger partial charge < -0.3 is 10.4 Å². The number of rotatable bonds is 11. The Labute approximate surface area is 185 Å². The first kappa shape index (κ1) is 22.5. The minimum Gasteiger partial charge on any atom is -0.395 e. The van der Waals surface area contributed by atoms with E-state index in [9.17, 15) is 9.90 Å². The molecule has 2 unspecified atom stereocenters. The zero-order chi connectivity index (χ0) is 21.9. The largest absolute Gasteiger partial charge is 0.395 e. The van der Waals surface area contributed by atoms with Crippen LogP contribution in [-0.2, 0) is 24.2 Å². The van der Waals surface area contributed by atoms with E-state index < -0.39 is 5.92 Å². The first-order valence-corrected chi connectivity index (χ1v) is 10.9. The Morgan fingerprint density at radius 2 is 1.32 bits per heavy atom. The lowest BCUT2D eigenvalue weighted by molar-refractivity contribution is -0.125. The number of aryl methyl sites for hydroxylation is 1. The van der Waals surface area contributed by atoms with Crippen LogP contribution in [0.2, 0.25) is 0 Å². The Morgan fingerprint density at radius 3 is 1.87 bits per heavy atom. The maximum Gasteiger partial charge on any atom is 0.229 e. The lowest BCUT2D eigenvalue weighted by Gasteiger charge is -2.25. The van der Waals surface area contributed by atoms with E-state index in [1.807, 2.05) is 66.7 Å². The fraction of sp³-hybridized carbons (Fsp3) is 0.250. The van der Waals surface area contributed by atoms with Crippen molar-refractivity contribution in [3.8, 4) is 0 Å². The molecule has 160 valence electrons. The molecule has 0 saturated carbocycles. The van der Waals surface area contributed by atoms with Crippen LogP contribution < -0.4 is 5.32 Å². The van der Waals surface area contributed by atoms with E-state index >= 15 is 0 Å². The summed E-state index contributed by atoms with van der Waals surface area (Å²) in [4.78, 5) is 12.9. The second-order valence-electron chi connectivity index (χ2n) is 7.92. The van der Waals surface area contributed by atoms with Gasteiger partial charge in [-0.25, -0.2) is 0 Å². The third kappa shape index (κ3) is 6.94. The zero-order valence-electron chi connectivity index (χ0n) is 17.9. The fourth-order valence-corrected chi connectivity index (χ4v) is 3.86. The highest BCUT2D eigenvalue weighted by Crippen LogP contribution is 2.27. The molecule has 0 aliphatic rings. The van der Waals surface area contributed by atoms with Crippen LogP contribution in [0.3, 0.4) is 0 Å². The van der Waals surface area contributed by atoms with Crippen molar-refractivity contribution < 1.29 is 9.90 Å². The van der Waals surface area contributed by atoms with Gasteiger partial charge in [-0.2, -0.15) is 0 Å². The molecule has 0 spiro atoms. The van der Waals surface area contributed by atoms with E-state index in [-0.39, 0.29) is 18.4 Å². The number of hydrogen-bond acceptors (Lipinski definition) is 2. The molecule has 0 heterocycles. The van der Waals surface area contributed by atoms with Crippen LogP contribution in [0.4, 0.5) is 0 Å². The van der Waals surface area contributed by atoms with Gasteiger partial charge in [0.1, 0.15) is 0 Å². The van der Waals surface area contributed by atoms with E-state index in [0.29, 0.717) is 6.54 Å². The van der Waals surface area contributed by atoms with Crippen molar-refractivity contribution in [2.24, 2.45) is 11.8 Å². The Bertz CT molecular complexity index is 939. The summed E-state index contributed by atoms with van der Waals surface area (Å²) in [5, 5.41) is 13.0. The second-order valence-corrected chi connectivity index (χ2v) is 7.92. The zero-order valence-corrected chi connectivity index (χ0v) is 17.9. The summed E-state index contributed by atoms with van der Waals surface area (Å²) in [6.45, 7) is 4.49. The monoisotopic (exact) mass is 413 g/mol. The van der Waals surface area contributed by atoms with Crippen molar-refractivity contribution in [1.29, 1.82) is 0 Å². The normalized spacial score (nSPS) is 12.7. The SMILES string of the molecule is C=C(C(CCc1ccccc1)Cc1ccccc1)C(CO)C(=O)NCc1ccccc1. The maximum absolute atomic E-state index is 12.9. The molecule has 2 atom stereocenters. The van der Waals surface area contributed by atoms with Crippen molar-refractivity contribution in [3.05, 3.63) is 120 Å². The molecule has 3 aromatic rings. The van der Waals surface area contributed by atoms with E-state index in [4.69, 9.17) is 0 Å². The highest BCUT2D eigenvalue weighted by Gasteiger charge is 2.26. The molecule has 0 bridgehead atoms. The number of nitrogens with one attached hydrogen (secondary N) is 1. The lowest BCUT2D eigenvalue weighted by atomic mass is 9.81. The Morgan fingerprint density at radius 1 is 0.806 bits per heavy atom. The average Bonchev–Trinajstić information content (AvgIpc) is 2.82. The first-order chi connectivity index (χ1) is 15.2. The molecule has 0 aliphatic carbocycles. The molecular formula is C28H31NO2. The third-order valence-electron chi connectivity index (χ3n) is 5.73. The molecule has 31 heavy (non-hydrogen) atoms. The summed E-state index contributed by atoms with van der Waals surface area (Å²) in [5.74, 6) is -0.690. The number of hydrogen-bond donors (Lipinski definition) is 2. The molecule has 3 nitrogen and oxygen atoms in total. The summed E-state index contributed by atoms with van der Waals surface area (Å²) in [6, 6.07) is 30.4. The van der Waals surface area contributed by atoms with E-state index in [0.717, 1.165) is 30.4 Å². The van der Waals surface area contributed by atoms with Gasteiger partial charge >= 0.3 is 0 Å². The summed E-state index contributed by atoms with van der Waals surface area (Å²) in [5.41, 5.74) is 4.31. The number of aliphatic hydroxyl groups excluding tert-OH is 1. The standard InChI is InChI=1S/C28H31NO2/c1-22(27(21-30)28(31)29-20-25-15-9-4-10-16-25)26(19-24-13-7-3-8-14-24)18-17-23-11-5-2-6-12-23/h2-16,26-27,30H,1,17-21H2,(H,29,31). The number of benzene rings is 3. The topological polar surface area (TPSA) is 49.3 Å². The summed E-state index contributed by atoms with van der Waals surface area (Å²) < 4.78 is 0. The van der Waals surface area contributed by atoms with Crippen LogP contribution in [-0.4, -0.2) is 17.6 Å². The van der Waals surface area contributed by atoms with E-state index in [1.165, 1.54) is 11.1 Å². The van der Waals surface area contributed by atoms with Gasteiger partial charge in [0.15, 0.2) is 0 Å². The number of carbonyl (C=O) groups is 1. The smallest absolute Gasteiger partial charge is 0.229 e. The van der Waals surface area contributed by atoms with E-state index in [2.05, 4.69) is 36.2 Å². The van der Waals surface area contributed by atoms with Crippen molar-refractivity contribution in [3.63, 3.8) is 0 Å². The lowest BCUT2D eigenvalue weighted by Crippen LogP contribution is -2.35. The average molecular weight is 414 g/mol. The van der Waals surface area contributed by atoms with Crippen LogP contribution in [0.25, 0.3) is 0 Å². The number of aliphatic hydroxyl groups is 1. The summed E-state index contributed by atoms with van der Waals surface area (Å²) >= 11 is 0. The fourth-order valence-electron chi connectivity index (χ4n) is 3.86. The minimum absolute atomic E-state index is 0.0993. The molecule has 3 aromatic carbocycles. The highest BCUT2D eigenvalue weighted by atomic mass is 16.3. The van der Waals surface area contributed by atoms with Gasteiger partial charge in [0.05, 0.1) is 12.5 Å². The molecule has 1 amide bonds. The van der Waals surface area contributed by atoms with Crippen LogP contribution in [0.1, 0.15) is 23.1 Å². The molecule has 3 heteroatoms. The first-order valence-electron chi connectivity index (χ1n) is 10.9. The molecule has 0 fully saturated rings. The third-order valence-corrected chi connectivity index (χ3v) is 5.73. The molecule has 0 saturated heterocycles. The highest BCUT2D eigenvalue weighted by molar-refractivity contribution is 5.81. The molecule has 2 N–H and O–H groups in total. The molecule has 3 rings (SSSR count). The van der Waals surface area contributed by atoms with Gasteiger partial charge in [0.2, 0.25) is 5.91 Å². The van der Waals surface area contributed by atoms with Gasteiger partial charge in [-0.15, -0.1) is 0 Å². The second kappa shape index (κ2) is 11.9. The van der Waals surface area contributed by atoms with Crippen molar-refractivity contribution in [2.75, 3.05) is 6.61 Å². The van der Waals surface area contributed by atoms with Crippen molar-refractivity contribution in [2.45, 2.75) is 25.8 Å². The molecule has 0 aromatic heterocycles. The van der Waals surface area contributed by atoms with Crippen molar-refractivity contribution >= 4 is 5.91 Å². The Kier molecular flexibility index (Phi) is 8.62. The quantitative estimate of drug-likeness (QED) is 0.437. The van der Waals surface area contributed by atoms with E-state index in [1.54, 1.807) is 0 Å². The van der Waals surface area contributed by atoms with Crippen LogP contribution >= 0.6 is 0 Å². The van der Waals surface area contributed by atoms with Crippen LogP contribution in [0.5, 0.6) is 0 Å². The minimum atomic E-state index is -0.617. The maximum atomic E-state index is 12.9.